The van der Waals surface area contributed by atoms with E-state index in [0.29, 0.717) is 12.0 Å². The van der Waals surface area contributed by atoms with Gasteiger partial charge in [0, 0.05) is 25.0 Å². The zero-order valence-electron chi connectivity index (χ0n) is 14.3. The van der Waals surface area contributed by atoms with Crippen molar-refractivity contribution in [3.8, 4) is 0 Å². The van der Waals surface area contributed by atoms with Gasteiger partial charge in [0.1, 0.15) is 0 Å². The summed E-state index contributed by atoms with van der Waals surface area (Å²) in [5, 5.41) is 4.24. The fraction of sp³-hybridized carbons (Fsp3) is 0.882. The fourth-order valence-electron chi connectivity index (χ4n) is 4.43. The van der Waals surface area contributed by atoms with Gasteiger partial charge < -0.3 is 9.42 Å². The molecule has 5 nitrogen and oxygen atoms in total. The van der Waals surface area contributed by atoms with E-state index in [1.54, 1.807) is 0 Å². The first-order chi connectivity index (χ1) is 10.7. The first-order valence-corrected chi connectivity index (χ1v) is 8.92. The molecule has 23 heavy (non-hydrogen) atoms. The van der Waals surface area contributed by atoms with Crippen LogP contribution in [0.25, 0.3) is 0 Å². The fourth-order valence-corrected chi connectivity index (χ4v) is 4.43. The van der Waals surface area contributed by atoms with E-state index >= 15 is 0 Å². The van der Waals surface area contributed by atoms with Gasteiger partial charge in [-0.1, -0.05) is 18.0 Å². The van der Waals surface area contributed by atoms with Gasteiger partial charge in [0.25, 0.3) is 0 Å². The molecule has 2 heterocycles. The van der Waals surface area contributed by atoms with E-state index in [0.717, 1.165) is 36.6 Å². The van der Waals surface area contributed by atoms with Gasteiger partial charge in [-0.15, -0.1) is 12.4 Å². The van der Waals surface area contributed by atoms with Crippen LogP contribution in [0.15, 0.2) is 4.52 Å². The Morgan fingerprint density at radius 1 is 1.13 bits per heavy atom. The molecule has 2 saturated carbocycles. The Morgan fingerprint density at radius 3 is 2.52 bits per heavy atom. The molecule has 3 aliphatic rings. The summed E-state index contributed by atoms with van der Waals surface area (Å²) >= 11 is 0. The van der Waals surface area contributed by atoms with Gasteiger partial charge in [-0.25, -0.2) is 0 Å². The molecule has 0 aromatic carbocycles. The van der Waals surface area contributed by atoms with Gasteiger partial charge in [-0.3, -0.25) is 4.90 Å². The molecule has 1 aromatic heterocycles. The number of likely N-dealkylation sites (tertiary alicyclic amines) is 1. The van der Waals surface area contributed by atoms with Crippen molar-refractivity contribution >= 4 is 12.4 Å². The lowest BCUT2D eigenvalue weighted by atomic mass is 9.97. The molecule has 1 saturated heterocycles. The molecule has 4 rings (SSSR count). The zero-order valence-corrected chi connectivity index (χ0v) is 15.1. The minimum atomic E-state index is 0. The Morgan fingerprint density at radius 2 is 1.87 bits per heavy atom. The molecular weight excluding hydrogens is 312 g/mol. The second-order valence-electron chi connectivity index (χ2n) is 7.76. The Bertz CT molecular complexity index is 500. The van der Waals surface area contributed by atoms with Crippen LogP contribution in [0.1, 0.15) is 56.2 Å². The topological polar surface area (TPSA) is 45.4 Å². The maximum absolute atomic E-state index is 5.52. The van der Waals surface area contributed by atoms with Crippen molar-refractivity contribution in [1.29, 1.82) is 0 Å². The first-order valence-electron chi connectivity index (χ1n) is 8.92. The van der Waals surface area contributed by atoms with Gasteiger partial charge in [0.05, 0.1) is 6.54 Å². The molecule has 0 bridgehead atoms. The third-order valence-electron chi connectivity index (χ3n) is 5.85. The maximum atomic E-state index is 5.52. The van der Waals surface area contributed by atoms with Crippen LogP contribution < -0.4 is 0 Å². The van der Waals surface area contributed by atoms with Crippen LogP contribution in [0.3, 0.4) is 0 Å². The summed E-state index contributed by atoms with van der Waals surface area (Å²) in [6.45, 7) is 3.19. The van der Waals surface area contributed by atoms with Crippen molar-refractivity contribution in [3.63, 3.8) is 0 Å². The minimum Gasteiger partial charge on any atom is -0.339 e. The average molecular weight is 341 g/mol. The Balaban J connectivity index is 0.00000156. The molecule has 0 unspecified atom stereocenters. The number of hydrogen-bond donors (Lipinski definition) is 0. The molecule has 1 aliphatic heterocycles. The molecule has 130 valence electrons. The van der Waals surface area contributed by atoms with Crippen LogP contribution in [-0.4, -0.2) is 53.2 Å². The van der Waals surface area contributed by atoms with Crippen LogP contribution in [0.4, 0.5) is 0 Å². The Labute approximate surface area is 145 Å². The highest BCUT2D eigenvalue weighted by atomic mass is 35.5. The van der Waals surface area contributed by atoms with Crippen molar-refractivity contribution in [2.24, 2.45) is 11.8 Å². The highest BCUT2D eigenvalue weighted by Gasteiger charge is 2.43. The lowest BCUT2D eigenvalue weighted by Crippen LogP contribution is -2.36. The van der Waals surface area contributed by atoms with E-state index in [1.165, 1.54) is 45.1 Å². The maximum Gasteiger partial charge on any atom is 0.229 e. The highest BCUT2D eigenvalue weighted by molar-refractivity contribution is 5.85. The van der Waals surface area contributed by atoms with Gasteiger partial charge >= 0.3 is 0 Å². The molecule has 0 spiro atoms. The number of rotatable bonds is 5. The summed E-state index contributed by atoms with van der Waals surface area (Å²) < 4.78 is 5.52. The number of likely N-dealkylation sites (N-methyl/N-ethyl adjacent to an activating group) is 1. The van der Waals surface area contributed by atoms with Gasteiger partial charge in [0.2, 0.25) is 5.89 Å². The molecule has 6 heteroatoms. The summed E-state index contributed by atoms with van der Waals surface area (Å²) in [5.74, 6) is 4.08. The summed E-state index contributed by atoms with van der Waals surface area (Å²) in [6.07, 6.45) is 7.91. The van der Waals surface area contributed by atoms with Crippen molar-refractivity contribution < 1.29 is 4.52 Å². The second kappa shape index (κ2) is 7.08. The van der Waals surface area contributed by atoms with Crippen molar-refractivity contribution in [2.45, 2.75) is 57.0 Å². The zero-order chi connectivity index (χ0) is 15.1. The average Bonchev–Trinajstić information content (AvgIpc) is 2.96. The van der Waals surface area contributed by atoms with Crippen molar-refractivity contribution in [3.05, 3.63) is 11.7 Å². The third kappa shape index (κ3) is 3.72. The molecule has 0 radical (unpaired) electrons. The summed E-state index contributed by atoms with van der Waals surface area (Å²) in [6, 6.07) is 0.689. The molecule has 1 aromatic rings. The van der Waals surface area contributed by atoms with Crippen LogP contribution in [0, 0.1) is 11.8 Å². The second-order valence-corrected chi connectivity index (χ2v) is 7.76. The number of nitrogens with zero attached hydrogens (tertiary/aromatic N) is 4. The lowest BCUT2D eigenvalue weighted by Gasteiger charge is -2.24. The lowest BCUT2D eigenvalue weighted by molar-refractivity contribution is 0.232. The number of halogens is 1. The third-order valence-corrected chi connectivity index (χ3v) is 5.85. The summed E-state index contributed by atoms with van der Waals surface area (Å²) in [7, 11) is 4.44. The van der Waals surface area contributed by atoms with E-state index in [1.807, 2.05) is 0 Å². The number of hydrogen-bond acceptors (Lipinski definition) is 5. The smallest absolute Gasteiger partial charge is 0.229 e. The molecule has 2 aliphatic carbocycles. The van der Waals surface area contributed by atoms with E-state index in [4.69, 9.17) is 4.52 Å². The Hall–Kier alpha value is -0.650. The Kier molecular flexibility index (Phi) is 5.29. The van der Waals surface area contributed by atoms with E-state index in [2.05, 4.69) is 34.0 Å². The van der Waals surface area contributed by atoms with Crippen LogP contribution in [0.5, 0.6) is 0 Å². The monoisotopic (exact) mass is 340 g/mol. The molecule has 0 amide bonds. The quantitative estimate of drug-likeness (QED) is 0.824. The van der Waals surface area contributed by atoms with Crippen LogP contribution in [-0.2, 0) is 6.54 Å². The highest BCUT2D eigenvalue weighted by Crippen LogP contribution is 2.42. The van der Waals surface area contributed by atoms with Gasteiger partial charge in [0.15, 0.2) is 5.82 Å². The minimum absolute atomic E-state index is 0. The molecule has 0 N–H and O–H groups in total. The molecular formula is C17H29ClN4O. The normalized spacial score (nSPS) is 29.3. The van der Waals surface area contributed by atoms with Crippen molar-refractivity contribution in [2.75, 3.05) is 27.2 Å². The predicted octanol–water partition coefficient (Wildman–Crippen LogP) is 2.92. The first kappa shape index (κ1) is 17.2. The van der Waals surface area contributed by atoms with E-state index < -0.39 is 0 Å². The van der Waals surface area contributed by atoms with E-state index in [9.17, 15) is 0 Å². The molecule has 2 atom stereocenters. The van der Waals surface area contributed by atoms with Crippen LogP contribution >= 0.6 is 12.4 Å². The van der Waals surface area contributed by atoms with Gasteiger partial charge in [-0.2, -0.15) is 4.98 Å². The van der Waals surface area contributed by atoms with E-state index in [-0.39, 0.29) is 12.4 Å². The standard InChI is InChI=1S/C17H28N4O.ClH/c1-20(2)15-10-21(9-14(15)12-7-8-12)11-16-18-17(22-19-16)13-5-3-4-6-13;/h12-15H,3-11H2,1-2H3;1H/t14-,15+;/m1./s1. The van der Waals surface area contributed by atoms with Gasteiger partial charge in [-0.05, 0) is 51.6 Å². The SMILES string of the molecule is CN(C)[C@H]1CN(Cc2noc(C3CCCC3)n2)C[C@@H]1C1CC1.Cl. The van der Waals surface area contributed by atoms with Crippen LogP contribution in [0.2, 0.25) is 0 Å². The summed E-state index contributed by atoms with van der Waals surface area (Å²) in [4.78, 5) is 9.61. The predicted molar refractivity (Wildman–Crippen MR) is 91.7 cm³/mol. The largest absolute Gasteiger partial charge is 0.339 e. The summed E-state index contributed by atoms with van der Waals surface area (Å²) in [5.41, 5.74) is 0. The number of aromatic nitrogens is 2. The van der Waals surface area contributed by atoms with Crippen molar-refractivity contribution in [1.82, 2.24) is 19.9 Å². The molecule has 3 fully saturated rings.